The minimum atomic E-state index is -0.545. The van der Waals surface area contributed by atoms with Gasteiger partial charge in [-0.25, -0.2) is 0 Å². The lowest BCUT2D eigenvalue weighted by Crippen LogP contribution is -2.49. The van der Waals surface area contributed by atoms with Gasteiger partial charge in [0.2, 0.25) is 0 Å². The zero-order valence-electron chi connectivity index (χ0n) is 17.4. The molecule has 0 aromatic heterocycles. The summed E-state index contributed by atoms with van der Waals surface area (Å²) in [4.78, 5) is 4.68. The lowest BCUT2D eigenvalue weighted by molar-refractivity contribution is 0.0658. The number of phenolic OH excluding ortho intramolecular Hbond substituents is 1. The molecular formula is C23H32N2O3. The molecule has 0 spiro atoms. The molecule has 1 fully saturated rings. The number of hydrogen-bond acceptors (Lipinski definition) is 5. The van der Waals surface area contributed by atoms with E-state index in [9.17, 15) is 10.2 Å². The summed E-state index contributed by atoms with van der Waals surface area (Å²) in [6.45, 7) is 12.3. The van der Waals surface area contributed by atoms with Crippen molar-refractivity contribution in [2.45, 2.75) is 33.8 Å². The first-order valence-corrected chi connectivity index (χ1v) is 10.0. The van der Waals surface area contributed by atoms with Gasteiger partial charge in [-0.2, -0.15) is 0 Å². The SMILES string of the molecule is Cc1c(C)c(OCC(O)CN2CCN(c3ccccc3)CC2)c(C)c(C)c1O. The summed E-state index contributed by atoms with van der Waals surface area (Å²) >= 11 is 0. The van der Waals surface area contributed by atoms with E-state index in [2.05, 4.69) is 34.1 Å². The molecule has 1 atom stereocenters. The number of aromatic hydroxyl groups is 1. The zero-order valence-corrected chi connectivity index (χ0v) is 17.4. The molecule has 1 unspecified atom stereocenters. The molecule has 152 valence electrons. The highest BCUT2D eigenvalue weighted by molar-refractivity contribution is 5.56. The molecule has 3 rings (SSSR count). The summed E-state index contributed by atoms with van der Waals surface area (Å²) in [5.41, 5.74) is 4.80. The monoisotopic (exact) mass is 384 g/mol. The highest BCUT2D eigenvalue weighted by Gasteiger charge is 2.21. The Kier molecular flexibility index (Phi) is 6.47. The number of ether oxygens (including phenoxy) is 1. The third kappa shape index (κ3) is 4.42. The molecule has 28 heavy (non-hydrogen) atoms. The van der Waals surface area contributed by atoms with Crippen LogP contribution in [0.3, 0.4) is 0 Å². The summed E-state index contributed by atoms with van der Waals surface area (Å²) < 4.78 is 5.98. The van der Waals surface area contributed by atoms with E-state index in [1.165, 1.54) is 5.69 Å². The lowest BCUT2D eigenvalue weighted by Gasteiger charge is -2.36. The number of anilines is 1. The van der Waals surface area contributed by atoms with Gasteiger partial charge in [0.1, 0.15) is 24.2 Å². The Morgan fingerprint density at radius 3 is 2.04 bits per heavy atom. The van der Waals surface area contributed by atoms with E-state index in [0.717, 1.165) is 54.2 Å². The lowest BCUT2D eigenvalue weighted by atomic mass is 9.98. The highest BCUT2D eigenvalue weighted by Crippen LogP contribution is 2.36. The van der Waals surface area contributed by atoms with Crippen LogP contribution in [0.1, 0.15) is 22.3 Å². The van der Waals surface area contributed by atoms with E-state index >= 15 is 0 Å². The Morgan fingerprint density at radius 1 is 0.893 bits per heavy atom. The molecule has 0 aliphatic carbocycles. The first kappa shape index (κ1) is 20.5. The molecule has 5 heteroatoms. The Hall–Kier alpha value is -2.24. The number of aliphatic hydroxyl groups excluding tert-OH is 1. The second-order valence-electron chi connectivity index (χ2n) is 7.77. The van der Waals surface area contributed by atoms with E-state index in [1.54, 1.807) is 0 Å². The number of nitrogens with zero attached hydrogens (tertiary/aromatic N) is 2. The van der Waals surface area contributed by atoms with Crippen LogP contribution in [0.5, 0.6) is 11.5 Å². The Bertz CT molecular complexity index is 770. The van der Waals surface area contributed by atoms with Crippen LogP contribution >= 0.6 is 0 Å². The van der Waals surface area contributed by atoms with E-state index in [-0.39, 0.29) is 6.61 Å². The van der Waals surface area contributed by atoms with Crippen LogP contribution in [0.25, 0.3) is 0 Å². The van der Waals surface area contributed by atoms with Crippen molar-refractivity contribution in [3.63, 3.8) is 0 Å². The van der Waals surface area contributed by atoms with Gasteiger partial charge >= 0.3 is 0 Å². The van der Waals surface area contributed by atoms with Crippen molar-refractivity contribution < 1.29 is 14.9 Å². The molecule has 0 bridgehead atoms. The van der Waals surface area contributed by atoms with Crippen LogP contribution in [0.15, 0.2) is 30.3 Å². The predicted molar refractivity (Wildman–Crippen MR) is 114 cm³/mol. The van der Waals surface area contributed by atoms with E-state index in [4.69, 9.17) is 4.74 Å². The fraction of sp³-hybridized carbons (Fsp3) is 0.478. The average molecular weight is 385 g/mol. The maximum atomic E-state index is 10.5. The molecule has 0 radical (unpaired) electrons. The third-order valence-electron chi connectivity index (χ3n) is 5.90. The van der Waals surface area contributed by atoms with Crippen LogP contribution in [-0.4, -0.2) is 60.5 Å². The molecule has 1 heterocycles. The molecule has 0 saturated carbocycles. The van der Waals surface area contributed by atoms with Gasteiger partial charge in [-0.15, -0.1) is 0 Å². The van der Waals surface area contributed by atoms with Crippen molar-refractivity contribution in [3.05, 3.63) is 52.6 Å². The van der Waals surface area contributed by atoms with E-state index in [1.807, 2.05) is 33.8 Å². The number of β-amino-alcohol motifs (C(OH)–C–C–N with tert-alkyl or cyclic N) is 1. The fourth-order valence-corrected chi connectivity index (χ4v) is 3.83. The first-order valence-electron chi connectivity index (χ1n) is 10.0. The standard InChI is InChI=1S/C23H32N2O3/c1-16-18(3)23(19(4)17(2)22(16)27)28-15-21(26)14-24-10-12-25(13-11-24)20-8-6-5-7-9-20/h5-9,21,26-27H,10-15H2,1-4H3. The molecule has 5 nitrogen and oxygen atoms in total. The third-order valence-corrected chi connectivity index (χ3v) is 5.90. The smallest absolute Gasteiger partial charge is 0.126 e. The number of benzene rings is 2. The summed E-state index contributed by atoms with van der Waals surface area (Å²) in [6, 6.07) is 10.5. The first-order chi connectivity index (χ1) is 13.4. The van der Waals surface area contributed by atoms with E-state index < -0.39 is 6.10 Å². The zero-order chi connectivity index (χ0) is 20.3. The van der Waals surface area contributed by atoms with Crippen molar-refractivity contribution in [1.29, 1.82) is 0 Å². The van der Waals surface area contributed by atoms with Gasteiger partial charge in [-0.1, -0.05) is 18.2 Å². The van der Waals surface area contributed by atoms with Crippen LogP contribution in [0.2, 0.25) is 0 Å². The quantitative estimate of drug-likeness (QED) is 0.801. The van der Waals surface area contributed by atoms with E-state index in [0.29, 0.717) is 12.3 Å². The van der Waals surface area contributed by atoms with Gasteiger partial charge in [0, 0.05) is 38.4 Å². The Labute approximate surface area is 168 Å². The van der Waals surface area contributed by atoms with Crippen LogP contribution in [0.4, 0.5) is 5.69 Å². The summed E-state index contributed by atoms with van der Waals surface area (Å²) in [5.74, 6) is 1.11. The van der Waals surface area contributed by atoms with Crippen LogP contribution in [0, 0.1) is 27.7 Å². The number of aliphatic hydroxyl groups is 1. The van der Waals surface area contributed by atoms with Crippen molar-refractivity contribution in [2.75, 3.05) is 44.2 Å². The molecular weight excluding hydrogens is 352 g/mol. The molecule has 2 aromatic rings. The molecule has 1 aliphatic heterocycles. The molecule has 1 aliphatic rings. The van der Waals surface area contributed by atoms with Gasteiger partial charge in [0.05, 0.1) is 0 Å². The molecule has 2 aromatic carbocycles. The molecule has 2 N–H and O–H groups in total. The van der Waals surface area contributed by atoms with Gasteiger partial charge in [0.25, 0.3) is 0 Å². The highest BCUT2D eigenvalue weighted by atomic mass is 16.5. The molecule has 0 amide bonds. The number of phenols is 1. The van der Waals surface area contributed by atoms with Gasteiger partial charge in [-0.3, -0.25) is 4.90 Å². The van der Waals surface area contributed by atoms with Gasteiger partial charge in [-0.05, 0) is 62.1 Å². The Morgan fingerprint density at radius 2 is 1.46 bits per heavy atom. The fourth-order valence-electron chi connectivity index (χ4n) is 3.83. The Balaban J connectivity index is 1.51. The van der Waals surface area contributed by atoms with Crippen molar-refractivity contribution >= 4 is 5.69 Å². The second-order valence-corrected chi connectivity index (χ2v) is 7.77. The minimum Gasteiger partial charge on any atom is -0.507 e. The largest absolute Gasteiger partial charge is 0.507 e. The summed E-state index contributed by atoms with van der Waals surface area (Å²) in [5, 5.41) is 20.7. The minimum absolute atomic E-state index is 0.254. The second kappa shape index (κ2) is 8.84. The van der Waals surface area contributed by atoms with Gasteiger partial charge < -0.3 is 19.8 Å². The number of para-hydroxylation sites is 1. The van der Waals surface area contributed by atoms with Crippen LogP contribution < -0.4 is 9.64 Å². The van der Waals surface area contributed by atoms with Crippen molar-refractivity contribution in [3.8, 4) is 11.5 Å². The maximum absolute atomic E-state index is 10.5. The number of piperazine rings is 1. The van der Waals surface area contributed by atoms with Gasteiger partial charge in [0.15, 0.2) is 0 Å². The number of hydrogen-bond donors (Lipinski definition) is 2. The topological polar surface area (TPSA) is 56.2 Å². The maximum Gasteiger partial charge on any atom is 0.126 e. The molecule has 1 saturated heterocycles. The summed E-state index contributed by atoms with van der Waals surface area (Å²) in [7, 11) is 0. The van der Waals surface area contributed by atoms with Crippen LogP contribution in [-0.2, 0) is 0 Å². The average Bonchev–Trinajstić information content (AvgIpc) is 2.72. The normalized spacial score (nSPS) is 16.2. The number of rotatable bonds is 6. The van der Waals surface area contributed by atoms with Crippen molar-refractivity contribution in [1.82, 2.24) is 4.90 Å². The summed E-state index contributed by atoms with van der Waals surface area (Å²) in [6.07, 6.45) is -0.545. The van der Waals surface area contributed by atoms with Crippen molar-refractivity contribution in [2.24, 2.45) is 0 Å². The predicted octanol–water partition coefficient (Wildman–Crippen LogP) is 3.19.